The smallest absolute Gasteiger partial charge is 0.255 e. The Morgan fingerprint density at radius 2 is 1.90 bits per heavy atom. The number of nitrogens with zero attached hydrogens (tertiary/aromatic N) is 2. The van der Waals surface area contributed by atoms with Crippen LogP contribution in [0.3, 0.4) is 0 Å². The summed E-state index contributed by atoms with van der Waals surface area (Å²) in [5.41, 5.74) is 1.50. The lowest BCUT2D eigenvalue weighted by Crippen LogP contribution is -2.52. The van der Waals surface area contributed by atoms with Gasteiger partial charge in [-0.05, 0) is 62.0 Å². The Morgan fingerprint density at radius 3 is 2.60 bits per heavy atom. The van der Waals surface area contributed by atoms with Gasteiger partial charge in [-0.15, -0.1) is 0 Å². The van der Waals surface area contributed by atoms with Crippen LogP contribution in [-0.4, -0.2) is 58.8 Å². The van der Waals surface area contributed by atoms with Gasteiger partial charge in [0.05, 0.1) is 0 Å². The van der Waals surface area contributed by atoms with Gasteiger partial charge in [-0.2, -0.15) is 0 Å². The molecule has 4 atom stereocenters. The Labute approximate surface area is 177 Å². The quantitative estimate of drug-likeness (QED) is 0.724. The van der Waals surface area contributed by atoms with Crippen molar-refractivity contribution in [3.05, 3.63) is 29.3 Å². The highest BCUT2D eigenvalue weighted by Gasteiger charge is 2.40. The highest BCUT2D eigenvalue weighted by molar-refractivity contribution is 6.05. The Balaban J connectivity index is 1.49. The molecule has 0 spiro atoms. The Hall–Kier alpha value is -2.41. The molecule has 2 unspecified atom stereocenters. The van der Waals surface area contributed by atoms with E-state index < -0.39 is 6.04 Å². The number of fused-ring (bicyclic) bond motifs is 1. The summed E-state index contributed by atoms with van der Waals surface area (Å²) in [4.78, 5) is 40.6. The zero-order valence-electron chi connectivity index (χ0n) is 18.0. The van der Waals surface area contributed by atoms with Crippen LogP contribution in [0.15, 0.2) is 18.2 Å². The first-order chi connectivity index (χ1) is 14.4. The van der Waals surface area contributed by atoms with Crippen LogP contribution in [0.4, 0.5) is 0 Å². The van der Waals surface area contributed by atoms with Crippen molar-refractivity contribution < 1.29 is 19.1 Å². The monoisotopic (exact) mass is 413 g/mol. The lowest BCUT2D eigenvalue weighted by Gasteiger charge is -2.34. The summed E-state index contributed by atoms with van der Waals surface area (Å²) >= 11 is 0. The lowest BCUT2D eigenvalue weighted by atomic mass is 10.0. The summed E-state index contributed by atoms with van der Waals surface area (Å²) in [6.45, 7) is 9.06. The van der Waals surface area contributed by atoms with Gasteiger partial charge < -0.3 is 9.64 Å². The summed E-state index contributed by atoms with van der Waals surface area (Å²) < 4.78 is 6.42. The van der Waals surface area contributed by atoms with Crippen LogP contribution in [-0.2, 0) is 16.1 Å². The van der Waals surface area contributed by atoms with Gasteiger partial charge in [0.2, 0.25) is 11.8 Å². The van der Waals surface area contributed by atoms with E-state index in [4.69, 9.17) is 4.74 Å². The second kappa shape index (κ2) is 8.38. The number of benzene rings is 1. The molecule has 1 saturated carbocycles. The number of carbonyl (C=O) groups excluding carboxylic acids is 3. The molecule has 2 fully saturated rings. The highest BCUT2D eigenvalue weighted by Crippen LogP contribution is 2.35. The highest BCUT2D eigenvalue weighted by atomic mass is 16.5. The van der Waals surface area contributed by atoms with Crippen molar-refractivity contribution in [3.8, 4) is 5.75 Å². The standard InChI is InChI=1S/C23H31N3O4/c1-4-25(5-2)21-14(3)6-10-19(21)30-16-7-8-17-15(12-16)13-26(23(17)29)18-9-11-20(27)24-22(18)28/h7-8,12,14,18-19,21H,4-6,9-11,13H2,1-3H3,(H,24,27,28)/t14?,18?,19-,21-/m1/s1. The largest absolute Gasteiger partial charge is 0.489 e. The summed E-state index contributed by atoms with van der Waals surface area (Å²) in [7, 11) is 0. The average molecular weight is 414 g/mol. The maximum absolute atomic E-state index is 12.9. The lowest BCUT2D eigenvalue weighted by molar-refractivity contribution is -0.136. The van der Waals surface area contributed by atoms with Crippen molar-refractivity contribution in [2.45, 2.75) is 71.2 Å². The summed E-state index contributed by atoms with van der Waals surface area (Å²) in [6.07, 6.45) is 2.96. The summed E-state index contributed by atoms with van der Waals surface area (Å²) in [5.74, 6) is 0.564. The molecule has 7 heteroatoms. The van der Waals surface area contributed by atoms with Crippen LogP contribution in [0, 0.1) is 5.92 Å². The van der Waals surface area contributed by atoms with Gasteiger partial charge in [0.15, 0.2) is 0 Å². The molecule has 1 aromatic rings. The third-order valence-electron chi connectivity index (χ3n) is 6.89. The van der Waals surface area contributed by atoms with E-state index in [9.17, 15) is 14.4 Å². The fraction of sp³-hybridized carbons (Fsp3) is 0.609. The number of amides is 3. The van der Waals surface area contributed by atoms with Crippen molar-refractivity contribution in [1.82, 2.24) is 15.1 Å². The third kappa shape index (κ3) is 3.71. The van der Waals surface area contributed by atoms with E-state index in [1.807, 2.05) is 18.2 Å². The fourth-order valence-corrected chi connectivity index (χ4v) is 5.30. The van der Waals surface area contributed by atoms with Gasteiger partial charge in [-0.1, -0.05) is 20.8 Å². The minimum absolute atomic E-state index is 0.140. The molecule has 1 N–H and O–H groups in total. The number of carbonyl (C=O) groups is 3. The Kier molecular flexibility index (Phi) is 5.82. The first-order valence-corrected chi connectivity index (χ1v) is 11.1. The van der Waals surface area contributed by atoms with Crippen LogP contribution in [0.25, 0.3) is 0 Å². The molecule has 3 amide bonds. The predicted molar refractivity (Wildman–Crippen MR) is 112 cm³/mol. The Bertz CT molecular complexity index is 851. The van der Waals surface area contributed by atoms with E-state index in [1.54, 1.807) is 4.90 Å². The van der Waals surface area contributed by atoms with E-state index in [-0.39, 0.29) is 30.2 Å². The van der Waals surface area contributed by atoms with Gasteiger partial charge in [0.25, 0.3) is 5.91 Å². The van der Waals surface area contributed by atoms with Crippen molar-refractivity contribution >= 4 is 17.7 Å². The van der Waals surface area contributed by atoms with E-state index in [2.05, 4.69) is 31.0 Å². The van der Waals surface area contributed by atoms with Gasteiger partial charge in [0.1, 0.15) is 17.9 Å². The molecular formula is C23H31N3O4. The van der Waals surface area contributed by atoms with Crippen molar-refractivity contribution in [1.29, 1.82) is 0 Å². The molecule has 4 rings (SSSR count). The molecule has 7 nitrogen and oxygen atoms in total. The second-order valence-electron chi connectivity index (χ2n) is 8.64. The van der Waals surface area contributed by atoms with Crippen LogP contribution in [0.2, 0.25) is 0 Å². The molecule has 2 aliphatic heterocycles. The number of hydrogen-bond donors (Lipinski definition) is 1. The molecule has 1 aromatic carbocycles. The van der Waals surface area contributed by atoms with Crippen LogP contribution in [0.5, 0.6) is 5.75 Å². The van der Waals surface area contributed by atoms with E-state index in [0.717, 1.165) is 37.2 Å². The number of likely N-dealkylation sites (N-methyl/N-ethyl adjacent to an activating group) is 1. The SMILES string of the molecule is CCN(CC)[C@@H]1C(C)CC[C@H]1Oc1ccc2c(c1)CN(C1CCC(=O)NC1=O)C2=O. The molecule has 1 aliphatic carbocycles. The molecule has 2 heterocycles. The molecular weight excluding hydrogens is 382 g/mol. The maximum Gasteiger partial charge on any atom is 0.255 e. The number of hydrogen-bond acceptors (Lipinski definition) is 5. The van der Waals surface area contributed by atoms with Gasteiger partial charge in [-0.25, -0.2) is 0 Å². The first kappa shape index (κ1) is 20.8. The van der Waals surface area contributed by atoms with Crippen LogP contribution < -0.4 is 10.1 Å². The zero-order valence-corrected chi connectivity index (χ0v) is 18.0. The number of nitrogens with one attached hydrogen (secondary N) is 1. The number of piperidine rings is 1. The third-order valence-corrected chi connectivity index (χ3v) is 6.89. The molecule has 3 aliphatic rings. The normalized spacial score (nSPS) is 28.8. The topological polar surface area (TPSA) is 79.0 Å². The van der Waals surface area contributed by atoms with E-state index >= 15 is 0 Å². The van der Waals surface area contributed by atoms with Crippen LogP contribution >= 0.6 is 0 Å². The predicted octanol–water partition coefficient (Wildman–Crippen LogP) is 2.34. The summed E-state index contributed by atoms with van der Waals surface area (Å²) in [5, 5.41) is 2.34. The van der Waals surface area contributed by atoms with E-state index in [1.165, 1.54) is 0 Å². The van der Waals surface area contributed by atoms with Crippen molar-refractivity contribution in [2.24, 2.45) is 5.92 Å². The average Bonchev–Trinajstić information content (AvgIpc) is 3.23. The van der Waals surface area contributed by atoms with Gasteiger partial charge in [0, 0.05) is 24.6 Å². The maximum atomic E-state index is 12.9. The molecule has 0 bridgehead atoms. The minimum atomic E-state index is -0.588. The number of ether oxygens (including phenoxy) is 1. The second-order valence-corrected chi connectivity index (χ2v) is 8.64. The Morgan fingerprint density at radius 1 is 1.13 bits per heavy atom. The zero-order chi connectivity index (χ0) is 21.4. The summed E-state index contributed by atoms with van der Waals surface area (Å²) in [6, 6.07) is 5.43. The number of imide groups is 1. The molecule has 162 valence electrons. The molecule has 1 saturated heterocycles. The fourth-order valence-electron chi connectivity index (χ4n) is 5.30. The molecule has 0 aromatic heterocycles. The minimum Gasteiger partial charge on any atom is -0.489 e. The van der Waals surface area contributed by atoms with Crippen LogP contribution in [0.1, 0.15) is 62.4 Å². The van der Waals surface area contributed by atoms with E-state index in [0.29, 0.717) is 30.5 Å². The number of rotatable bonds is 6. The molecule has 30 heavy (non-hydrogen) atoms. The van der Waals surface area contributed by atoms with Gasteiger partial charge in [-0.3, -0.25) is 24.6 Å². The molecule has 0 radical (unpaired) electrons. The first-order valence-electron chi connectivity index (χ1n) is 11.1. The van der Waals surface area contributed by atoms with Crippen molar-refractivity contribution in [2.75, 3.05) is 13.1 Å². The van der Waals surface area contributed by atoms with Gasteiger partial charge >= 0.3 is 0 Å². The van der Waals surface area contributed by atoms with Crippen molar-refractivity contribution in [3.63, 3.8) is 0 Å².